The topological polar surface area (TPSA) is 42.2 Å². The number of fused-ring (bicyclic) bond motifs is 1. The molecule has 0 saturated heterocycles. The fourth-order valence-electron chi connectivity index (χ4n) is 2.79. The Morgan fingerprint density at radius 1 is 1.33 bits per heavy atom. The van der Waals surface area contributed by atoms with E-state index in [2.05, 4.69) is 42.8 Å². The highest BCUT2D eigenvalue weighted by Gasteiger charge is 2.21. The van der Waals surface area contributed by atoms with Crippen molar-refractivity contribution in [3.8, 4) is 0 Å². The summed E-state index contributed by atoms with van der Waals surface area (Å²) in [6.45, 7) is 8.68. The first-order valence-electron chi connectivity index (χ1n) is 7.52. The van der Waals surface area contributed by atoms with Crippen molar-refractivity contribution in [3.63, 3.8) is 0 Å². The smallest absolute Gasteiger partial charge is 0.112 e. The Morgan fingerprint density at radius 2 is 2.14 bits per heavy atom. The van der Waals surface area contributed by atoms with Crippen LogP contribution in [0, 0.1) is 0 Å². The van der Waals surface area contributed by atoms with E-state index < -0.39 is 0 Å². The zero-order valence-electron chi connectivity index (χ0n) is 13.0. The first kappa shape index (κ1) is 14.4. The number of benzene rings is 1. The summed E-state index contributed by atoms with van der Waals surface area (Å²) in [4.78, 5) is 8.38. The van der Waals surface area contributed by atoms with Crippen molar-refractivity contribution >= 4 is 22.7 Å². The highest BCUT2D eigenvalue weighted by Crippen LogP contribution is 2.34. The van der Waals surface area contributed by atoms with Crippen molar-refractivity contribution in [1.29, 1.82) is 0 Å². The van der Waals surface area contributed by atoms with E-state index in [1.54, 1.807) is 0 Å². The molecule has 1 aromatic heterocycles. The van der Waals surface area contributed by atoms with Crippen LogP contribution in [0.2, 0.25) is 0 Å². The minimum Gasteiger partial charge on any atom is -0.398 e. The lowest BCUT2D eigenvalue weighted by Crippen LogP contribution is -2.29. The van der Waals surface area contributed by atoms with Crippen LogP contribution in [0.25, 0.3) is 0 Å². The van der Waals surface area contributed by atoms with Crippen LogP contribution in [0.1, 0.15) is 42.6 Å². The Balaban J connectivity index is 1.84. The molecule has 2 N–H and O–H groups in total. The fraction of sp³-hybridized carbons (Fsp3) is 0.471. The van der Waals surface area contributed by atoms with Crippen LogP contribution in [-0.4, -0.2) is 11.5 Å². The van der Waals surface area contributed by atoms with E-state index in [9.17, 15) is 0 Å². The average Bonchev–Trinajstić information content (AvgIpc) is 2.89. The first-order chi connectivity index (χ1) is 9.95. The number of hydrogen-bond donors (Lipinski definition) is 1. The van der Waals surface area contributed by atoms with Gasteiger partial charge >= 0.3 is 0 Å². The molecule has 0 saturated carbocycles. The minimum atomic E-state index is 0.181. The molecule has 0 aliphatic carbocycles. The molecule has 2 aromatic rings. The summed E-state index contributed by atoms with van der Waals surface area (Å²) >= 11 is 1.83. The normalized spacial score (nSPS) is 15.1. The lowest BCUT2D eigenvalue weighted by atomic mass is 9.96. The molecular weight excluding hydrogens is 278 g/mol. The fourth-order valence-corrected chi connectivity index (χ4v) is 3.78. The van der Waals surface area contributed by atoms with E-state index >= 15 is 0 Å². The first-order valence-corrected chi connectivity index (χ1v) is 8.34. The van der Waals surface area contributed by atoms with Crippen LogP contribution in [0.5, 0.6) is 0 Å². The molecule has 2 heterocycles. The highest BCUT2D eigenvalue weighted by atomic mass is 32.1. The van der Waals surface area contributed by atoms with E-state index in [1.807, 2.05) is 23.6 Å². The maximum Gasteiger partial charge on any atom is 0.112 e. The van der Waals surface area contributed by atoms with E-state index in [4.69, 9.17) is 5.73 Å². The number of hydrogen-bond acceptors (Lipinski definition) is 4. The standard InChI is InChI=1S/C17H23N3S/c1-17(2,3)15-10-19-16(21-15)11-20-9-5-6-12-13(18)7-4-8-14(12)20/h4,7-8,10H,5-6,9,11,18H2,1-3H3. The minimum absolute atomic E-state index is 0.181. The second-order valence-electron chi connectivity index (χ2n) is 6.74. The number of thiazole rings is 1. The van der Waals surface area contributed by atoms with Gasteiger partial charge in [-0.15, -0.1) is 11.3 Å². The van der Waals surface area contributed by atoms with Gasteiger partial charge in [0.1, 0.15) is 5.01 Å². The van der Waals surface area contributed by atoms with Gasteiger partial charge in [0, 0.05) is 29.0 Å². The Bertz CT molecular complexity index is 640. The summed E-state index contributed by atoms with van der Waals surface area (Å²) in [6.07, 6.45) is 4.28. The molecule has 0 bridgehead atoms. The van der Waals surface area contributed by atoms with Crippen LogP contribution in [0.15, 0.2) is 24.4 Å². The molecule has 21 heavy (non-hydrogen) atoms. The van der Waals surface area contributed by atoms with Crippen molar-refractivity contribution in [3.05, 3.63) is 39.8 Å². The number of nitrogens with zero attached hydrogens (tertiary/aromatic N) is 2. The van der Waals surface area contributed by atoms with E-state index in [0.29, 0.717) is 0 Å². The number of aromatic nitrogens is 1. The lowest BCUT2D eigenvalue weighted by molar-refractivity contribution is 0.602. The number of nitrogen functional groups attached to an aromatic ring is 1. The Labute approximate surface area is 130 Å². The van der Waals surface area contributed by atoms with Crippen LogP contribution >= 0.6 is 11.3 Å². The molecule has 1 aromatic carbocycles. The predicted molar refractivity (Wildman–Crippen MR) is 91.0 cm³/mol. The molecule has 112 valence electrons. The van der Waals surface area contributed by atoms with Crippen LogP contribution in [-0.2, 0) is 18.4 Å². The molecule has 0 fully saturated rings. The van der Waals surface area contributed by atoms with Crippen molar-refractivity contribution in [2.24, 2.45) is 0 Å². The monoisotopic (exact) mass is 301 g/mol. The third-order valence-electron chi connectivity index (χ3n) is 4.00. The summed E-state index contributed by atoms with van der Waals surface area (Å²) in [6, 6.07) is 6.24. The van der Waals surface area contributed by atoms with Gasteiger partial charge in [-0.25, -0.2) is 4.98 Å². The maximum absolute atomic E-state index is 6.12. The Morgan fingerprint density at radius 3 is 2.86 bits per heavy atom. The van der Waals surface area contributed by atoms with Gasteiger partial charge in [-0.05, 0) is 36.0 Å². The molecular formula is C17H23N3S. The van der Waals surface area contributed by atoms with Crippen molar-refractivity contribution in [2.45, 2.75) is 45.6 Å². The summed E-state index contributed by atoms with van der Waals surface area (Å²) < 4.78 is 0. The molecule has 0 spiro atoms. The van der Waals surface area contributed by atoms with E-state index in [0.717, 1.165) is 25.2 Å². The van der Waals surface area contributed by atoms with Gasteiger partial charge < -0.3 is 10.6 Å². The molecule has 0 atom stereocenters. The quantitative estimate of drug-likeness (QED) is 0.853. The molecule has 0 amide bonds. The van der Waals surface area contributed by atoms with Crippen molar-refractivity contribution in [2.75, 3.05) is 17.2 Å². The van der Waals surface area contributed by atoms with E-state index in [1.165, 1.54) is 27.6 Å². The van der Waals surface area contributed by atoms with E-state index in [-0.39, 0.29) is 5.41 Å². The van der Waals surface area contributed by atoms with Gasteiger partial charge in [0.15, 0.2) is 0 Å². The van der Waals surface area contributed by atoms with Gasteiger partial charge in [0.25, 0.3) is 0 Å². The summed E-state index contributed by atoms with van der Waals surface area (Å²) in [5.74, 6) is 0. The summed E-state index contributed by atoms with van der Waals surface area (Å²) in [5.41, 5.74) is 9.81. The average molecular weight is 301 g/mol. The molecule has 3 nitrogen and oxygen atoms in total. The molecule has 4 heteroatoms. The van der Waals surface area contributed by atoms with Crippen molar-refractivity contribution in [1.82, 2.24) is 4.98 Å². The maximum atomic E-state index is 6.12. The zero-order valence-corrected chi connectivity index (χ0v) is 13.8. The number of rotatable bonds is 2. The van der Waals surface area contributed by atoms with Crippen LogP contribution in [0.4, 0.5) is 11.4 Å². The Kier molecular flexibility index (Phi) is 3.66. The van der Waals surface area contributed by atoms with Crippen molar-refractivity contribution < 1.29 is 0 Å². The number of nitrogens with two attached hydrogens (primary N) is 1. The van der Waals surface area contributed by atoms with Gasteiger partial charge in [0.2, 0.25) is 0 Å². The van der Waals surface area contributed by atoms with Gasteiger partial charge in [-0.2, -0.15) is 0 Å². The van der Waals surface area contributed by atoms with Crippen LogP contribution in [0.3, 0.4) is 0 Å². The predicted octanol–water partition coefficient (Wildman–Crippen LogP) is 3.98. The molecule has 0 unspecified atom stereocenters. The molecule has 1 aliphatic rings. The van der Waals surface area contributed by atoms with Gasteiger partial charge in [-0.1, -0.05) is 26.8 Å². The lowest BCUT2D eigenvalue weighted by Gasteiger charge is -2.31. The second-order valence-corrected chi connectivity index (χ2v) is 7.85. The highest BCUT2D eigenvalue weighted by molar-refractivity contribution is 7.11. The third-order valence-corrected chi connectivity index (χ3v) is 5.41. The Hall–Kier alpha value is -1.55. The van der Waals surface area contributed by atoms with Crippen LogP contribution < -0.4 is 10.6 Å². The molecule has 0 radical (unpaired) electrons. The SMILES string of the molecule is CC(C)(C)c1cnc(CN2CCCc3c(N)cccc32)s1. The second kappa shape index (κ2) is 5.34. The number of anilines is 2. The third kappa shape index (κ3) is 2.91. The van der Waals surface area contributed by atoms with Gasteiger partial charge in [0.05, 0.1) is 6.54 Å². The largest absolute Gasteiger partial charge is 0.398 e. The molecule has 1 aliphatic heterocycles. The van der Waals surface area contributed by atoms with Gasteiger partial charge in [-0.3, -0.25) is 0 Å². The molecule has 3 rings (SSSR count). The zero-order chi connectivity index (χ0) is 15.0. The summed E-state index contributed by atoms with van der Waals surface area (Å²) in [5, 5.41) is 1.19. The summed E-state index contributed by atoms with van der Waals surface area (Å²) in [7, 11) is 0.